The van der Waals surface area contributed by atoms with Crippen molar-refractivity contribution in [3.63, 3.8) is 0 Å². The largest absolute Gasteiger partial charge is 0.276 e. The highest BCUT2D eigenvalue weighted by Gasteiger charge is 2.60. The second-order valence-electron chi connectivity index (χ2n) is 4.59. The molecule has 1 rings (SSSR count). The van der Waals surface area contributed by atoms with Gasteiger partial charge >= 0.3 is 0 Å². The van der Waals surface area contributed by atoms with E-state index in [0.29, 0.717) is 5.01 Å². The third-order valence-corrected chi connectivity index (χ3v) is 3.29. The summed E-state index contributed by atoms with van der Waals surface area (Å²) in [6.07, 6.45) is 0. The van der Waals surface area contributed by atoms with Crippen molar-refractivity contribution in [3.05, 3.63) is 10.1 Å². The average molecular weight is 275 g/mol. The number of rotatable bonds is 3. The second-order valence-corrected chi connectivity index (χ2v) is 4.59. The Morgan fingerprint density at radius 2 is 1.61 bits per heavy atom. The predicted octanol–water partition coefficient (Wildman–Crippen LogP) is 1.000. The molecule has 1 fully saturated rings. The van der Waals surface area contributed by atoms with Gasteiger partial charge in [0.05, 0.1) is 10.7 Å². The maximum atomic E-state index is 12.7. The van der Waals surface area contributed by atoms with Crippen LogP contribution >= 0.6 is 0 Å². The summed E-state index contributed by atoms with van der Waals surface area (Å²) in [6.45, 7) is 0.907. The molecule has 0 aromatic heterocycles. The molecule has 106 valence electrons. The number of halogens is 4. The van der Waals surface area contributed by atoms with Crippen LogP contribution in [-0.4, -0.2) is 57.1 Å². The summed E-state index contributed by atoms with van der Waals surface area (Å²) < 4.78 is 50.9. The van der Waals surface area contributed by atoms with E-state index in [1.54, 1.807) is 0 Å². The zero-order valence-corrected chi connectivity index (χ0v) is 9.98. The summed E-state index contributed by atoms with van der Waals surface area (Å²) in [6, 6.07) is 0. The third-order valence-electron chi connectivity index (χ3n) is 3.29. The summed E-state index contributed by atoms with van der Waals surface area (Å²) >= 11 is 0. The molecular formula is C7H13F4N5O2. The smallest absolute Gasteiger partial charge is 0.231 e. The van der Waals surface area contributed by atoms with Crippen LogP contribution in [0.1, 0.15) is 13.8 Å². The highest BCUT2D eigenvalue weighted by molar-refractivity contribution is 4.94. The SMILES string of the molecule is CN1CC(N(F)F)(N(F)F)CN([N+](=O)[O-])C1(C)C. The van der Waals surface area contributed by atoms with Crippen LogP contribution in [0.25, 0.3) is 0 Å². The van der Waals surface area contributed by atoms with Gasteiger partial charge in [-0.1, -0.05) is 17.9 Å². The van der Waals surface area contributed by atoms with Gasteiger partial charge in [-0.25, -0.2) is 10.1 Å². The molecule has 0 atom stereocenters. The van der Waals surface area contributed by atoms with Crippen LogP contribution in [0.4, 0.5) is 17.9 Å². The molecule has 0 saturated carbocycles. The van der Waals surface area contributed by atoms with Gasteiger partial charge in [0, 0.05) is 6.54 Å². The van der Waals surface area contributed by atoms with Crippen LogP contribution < -0.4 is 0 Å². The van der Waals surface area contributed by atoms with Gasteiger partial charge in [-0.2, -0.15) is 0 Å². The van der Waals surface area contributed by atoms with E-state index in [1.165, 1.54) is 20.9 Å². The Bertz CT molecular complexity index is 332. The zero-order valence-electron chi connectivity index (χ0n) is 9.98. The lowest BCUT2D eigenvalue weighted by atomic mass is 10.0. The monoisotopic (exact) mass is 275 g/mol. The molecule has 1 aliphatic rings. The first-order valence-corrected chi connectivity index (χ1v) is 4.92. The van der Waals surface area contributed by atoms with Crippen molar-refractivity contribution in [1.82, 2.24) is 20.6 Å². The first-order chi connectivity index (χ1) is 8.05. The lowest BCUT2D eigenvalue weighted by Crippen LogP contribution is -2.74. The molecular weight excluding hydrogens is 262 g/mol. The van der Waals surface area contributed by atoms with Gasteiger partial charge < -0.3 is 0 Å². The van der Waals surface area contributed by atoms with Crippen LogP contribution in [0.2, 0.25) is 0 Å². The molecule has 18 heavy (non-hydrogen) atoms. The second kappa shape index (κ2) is 4.48. The molecule has 7 nitrogen and oxygen atoms in total. The van der Waals surface area contributed by atoms with Crippen molar-refractivity contribution < 1.29 is 23.0 Å². The predicted molar refractivity (Wildman–Crippen MR) is 51.3 cm³/mol. The van der Waals surface area contributed by atoms with Crippen LogP contribution in [-0.2, 0) is 0 Å². The Kier molecular flexibility index (Phi) is 3.70. The number of nitrogens with zero attached hydrogens (tertiary/aromatic N) is 5. The van der Waals surface area contributed by atoms with E-state index in [2.05, 4.69) is 0 Å². The fourth-order valence-corrected chi connectivity index (χ4v) is 1.78. The van der Waals surface area contributed by atoms with Gasteiger partial charge in [-0.05, 0) is 20.9 Å². The van der Waals surface area contributed by atoms with Gasteiger partial charge in [0.1, 0.15) is 12.2 Å². The van der Waals surface area contributed by atoms with Crippen molar-refractivity contribution >= 4 is 0 Å². The molecule has 0 radical (unpaired) electrons. The lowest BCUT2D eigenvalue weighted by Gasteiger charge is -2.50. The molecule has 0 aliphatic carbocycles. The molecule has 0 bridgehead atoms. The molecule has 0 N–H and O–H groups in total. The van der Waals surface area contributed by atoms with Crippen LogP contribution in [0, 0.1) is 10.1 Å². The highest BCUT2D eigenvalue weighted by atomic mass is 19.4. The number of nitro groups is 1. The topological polar surface area (TPSA) is 56.1 Å². The summed E-state index contributed by atoms with van der Waals surface area (Å²) in [4.78, 5) is 11.9. The van der Waals surface area contributed by atoms with E-state index in [1.807, 2.05) is 0 Å². The van der Waals surface area contributed by atoms with E-state index in [0.717, 1.165) is 4.90 Å². The highest BCUT2D eigenvalue weighted by Crippen LogP contribution is 2.35. The van der Waals surface area contributed by atoms with E-state index in [-0.39, 0.29) is 0 Å². The zero-order chi connectivity index (χ0) is 14.3. The first-order valence-electron chi connectivity index (χ1n) is 4.92. The summed E-state index contributed by atoms with van der Waals surface area (Å²) in [5.41, 5.74) is -4.28. The minimum absolute atomic E-state index is 0.356. The standard InChI is InChI=1S/C7H13F4N5O2/c1-6(2)12(3)4-7(14(8)9,15(10)11)5-13(6)16(17)18/h4-5H2,1-3H3. The summed E-state index contributed by atoms with van der Waals surface area (Å²) in [5, 5.41) is 6.82. The van der Waals surface area contributed by atoms with Crippen LogP contribution in [0.3, 0.4) is 0 Å². The first kappa shape index (κ1) is 14.9. The van der Waals surface area contributed by atoms with E-state index in [4.69, 9.17) is 0 Å². The molecule has 0 spiro atoms. The molecule has 0 unspecified atom stereocenters. The minimum Gasteiger partial charge on any atom is -0.276 e. The van der Waals surface area contributed by atoms with Gasteiger partial charge in [0.25, 0.3) is 0 Å². The lowest BCUT2D eigenvalue weighted by molar-refractivity contribution is -0.692. The van der Waals surface area contributed by atoms with Crippen molar-refractivity contribution in [2.75, 3.05) is 20.1 Å². The van der Waals surface area contributed by atoms with Gasteiger partial charge in [0.2, 0.25) is 5.66 Å². The number of likely N-dealkylation sites (N-methyl/N-ethyl adjacent to an activating group) is 1. The fraction of sp³-hybridized carbons (Fsp3) is 1.00. The molecule has 1 saturated heterocycles. The maximum absolute atomic E-state index is 12.7. The van der Waals surface area contributed by atoms with Crippen molar-refractivity contribution in [1.29, 1.82) is 0 Å². The van der Waals surface area contributed by atoms with Crippen LogP contribution in [0.15, 0.2) is 0 Å². The van der Waals surface area contributed by atoms with Gasteiger partial charge in [-0.15, -0.1) is 5.01 Å². The van der Waals surface area contributed by atoms with Gasteiger partial charge in [0.15, 0.2) is 5.03 Å². The van der Waals surface area contributed by atoms with Crippen molar-refractivity contribution in [2.45, 2.75) is 25.2 Å². The normalized spacial score (nSPS) is 23.7. The maximum Gasteiger partial charge on any atom is 0.231 e. The Balaban J connectivity index is 3.18. The number of hydrogen-bond acceptors (Lipinski definition) is 5. The minimum atomic E-state index is -3.03. The van der Waals surface area contributed by atoms with Crippen LogP contribution in [0.5, 0.6) is 0 Å². The number of hydrogen-bond donors (Lipinski definition) is 0. The van der Waals surface area contributed by atoms with E-state index < -0.39 is 40.1 Å². The quantitative estimate of drug-likeness (QED) is 0.252. The van der Waals surface area contributed by atoms with Crippen molar-refractivity contribution in [3.8, 4) is 0 Å². The van der Waals surface area contributed by atoms with Crippen molar-refractivity contribution in [2.24, 2.45) is 0 Å². The van der Waals surface area contributed by atoms with E-state index >= 15 is 0 Å². The molecule has 11 heteroatoms. The molecule has 1 aliphatic heterocycles. The Morgan fingerprint density at radius 1 is 1.17 bits per heavy atom. The molecule has 0 amide bonds. The summed E-state index contributed by atoms with van der Waals surface area (Å²) in [5.74, 6) is 0. The molecule has 0 aromatic carbocycles. The molecule has 1 heterocycles. The van der Waals surface area contributed by atoms with E-state index in [9.17, 15) is 28.0 Å². The Morgan fingerprint density at radius 3 is 1.94 bits per heavy atom. The Hall–Kier alpha value is -1.20. The number of hydrazine groups is 1. The molecule has 0 aromatic rings. The summed E-state index contributed by atoms with van der Waals surface area (Å²) in [7, 11) is 1.26. The third kappa shape index (κ3) is 2.08. The average Bonchev–Trinajstić information content (AvgIpc) is 2.20. The Labute approximate surface area is 100.0 Å². The fourth-order valence-electron chi connectivity index (χ4n) is 1.78. The van der Waals surface area contributed by atoms with Gasteiger partial charge in [-0.3, -0.25) is 4.90 Å².